The van der Waals surface area contributed by atoms with Crippen LogP contribution in [-0.4, -0.2) is 63.9 Å². The van der Waals surface area contributed by atoms with Crippen molar-refractivity contribution in [2.24, 2.45) is 0 Å². The number of carbonyl (C=O) groups excluding carboxylic acids is 1. The summed E-state index contributed by atoms with van der Waals surface area (Å²) in [6, 6.07) is 35.6. The van der Waals surface area contributed by atoms with E-state index in [1.165, 1.54) is 6.07 Å². The predicted octanol–water partition coefficient (Wildman–Crippen LogP) is 2.38. The molecule has 52 heavy (non-hydrogen) atoms. The van der Waals surface area contributed by atoms with Gasteiger partial charge in [0.25, 0.3) is 0 Å². The number of carbonyl (C=O) groups is 1. The van der Waals surface area contributed by atoms with Crippen molar-refractivity contribution in [3.8, 4) is 46.0 Å². The van der Waals surface area contributed by atoms with Crippen LogP contribution in [0.2, 0.25) is 0 Å². The monoisotopic (exact) mass is 780 g/mol. The fourth-order valence-electron chi connectivity index (χ4n) is 4.82. The third kappa shape index (κ3) is 12.7. The van der Waals surface area contributed by atoms with Gasteiger partial charge in [-0.05, 0) is 54.1 Å². The van der Waals surface area contributed by atoms with Crippen LogP contribution in [0.4, 0.5) is 0 Å². The second-order valence-corrected chi connectivity index (χ2v) is 10.7. The van der Waals surface area contributed by atoms with E-state index in [2.05, 4.69) is 0 Å². The first kappa shape index (κ1) is 40.5. The first-order valence-corrected chi connectivity index (χ1v) is 16.4. The first-order valence-electron chi connectivity index (χ1n) is 16.4. The van der Waals surface area contributed by atoms with Gasteiger partial charge in [-0.2, -0.15) is 0 Å². The van der Waals surface area contributed by atoms with Crippen LogP contribution in [0.15, 0.2) is 121 Å². The van der Waals surface area contributed by atoms with Gasteiger partial charge < -0.3 is 52.9 Å². The molecule has 0 heterocycles. The quantitative estimate of drug-likeness (QED) is 0.104. The van der Waals surface area contributed by atoms with Gasteiger partial charge in [-0.3, -0.25) is 0 Å². The van der Waals surface area contributed by atoms with Crippen LogP contribution in [0.1, 0.15) is 15.9 Å². The minimum absolute atomic E-state index is 0. The van der Waals surface area contributed by atoms with Gasteiger partial charge in [0.05, 0.1) is 12.6 Å². The van der Waals surface area contributed by atoms with E-state index in [1.807, 2.05) is 72.8 Å². The molecular weight excluding hydrogens is 742 g/mol. The van der Waals surface area contributed by atoms with Crippen molar-refractivity contribution in [1.29, 1.82) is 0 Å². The number of rotatable bonds is 22. The largest absolute Gasteiger partial charge is 1.00 e. The minimum atomic E-state index is -1.26. The summed E-state index contributed by atoms with van der Waals surface area (Å²) in [5, 5.41) is 20.5. The summed E-state index contributed by atoms with van der Waals surface area (Å²) >= 11 is 0. The van der Waals surface area contributed by atoms with Gasteiger partial charge >= 0.3 is 58.2 Å². The smallest absolute Gasteiger partial charge is 0.545 e. The van der Waals surface area contributed by atoms with Crippen molar-refractivity contribution in [1.82, 2.24) is 0 Å². The molecule has 0 radical (unpaired) electrons. The van der Waals surface area contributed by atoms with Crippen LogP contribution in [0, 0.1) is 0 Å². The molecule has 1 N–H and O–H groups in total. The number of aliphatic hydroxyl groups excluding tert-OH is 1. The molecule has 0 amide bonds. The van der Waals surface area contributed by atoms with Crippen molar-refractivity contribution < 1.29 is 111 Å². The van der Waals surface area contributed by atoms with Gasteiger partial charge in [0.15, 0.2) is 46.0 Å². The third-order valence-corrected chi connectivity index (χ3v) is 7.16. The molecule has 0 saturated heterocycles. The predicted molar refractivity (Wildman–Crippen MR) is 186 cm³/mol. The molecule has 11 nitrogen and oxygen atoms in total. The Morgan fingerprint density at radius 1 is 0.423 bits per heavy atom. The zero-order chi connectivity index (χ0) is 35.5. The summed E-state index contributed by atoms with van der Waals surface area (Å²) in [4.78, 5) is 11.4. The molecule has 5 aromatic rings. The summed E-state index contributed by atoms with van der Waals surface area (Å²) in [7, 11) is 0. The van der Waals surface area contributed by atoms with Crippen LogP contribution >= 0.6 is 0 Å². The Kier molecular flexibility index (Phi) is 17.6. The maximum absolute atomic E-state index is 11.4. The van der Waals surface area contributed by atoms with Gasteiger partial charge in [0.2, 0.25) is 0 Å². The van der Waals surface area contributed by atoms with Crippen molar-refractivity contribution in [2.45, 2.75) is 6.61 Å². The summed E-state index contributed by atoms with van der Waals surface area (Å²) in [5.74, 6) is 3.09. The van der Waals surface area contributed by atoms with Crippen LogP contribution < -0.4 is 101 Å². The molecule has 0 aliphatic heterocycles. The van der Waals surface area contributed by atoms with Crippen LogP contribution in [0.25, 0.3) is 0 Å². The van der Waals surface area contributed by atoms with Crippen molar-refractivity contribution in [3.63, 3.8) is 0 Å². The fraction of sp³-hybridized carbons (Fsp3) is 0.225. The molecule has 0 aliphatic rings. The number of hydrogen-bond donors (Lipinski definition) is 1. The third-order valence-electron chi connectivity index (χ3n) is 7.16. The number of carboxylic acids is 1. The standard InChI is InChI=1S/C40H40O11.Rb/c41-21-22-44-32-13-3-4-14-33(32)45-23-24-46-34-15-5-6-16-35(34)47-25-26-48-36-17-7-8-18-37(36)49-27-28-50-38-19-9-10-20-39(38)51-29-30-11-1-2-12-31(30)40(42)43;/h1-20,41H,21-29H2,(H,42,43);/q;+1/p-1. The number of carboxylic acid groups (broad SMARTS) is 1. The van der Waals surface area contributed by atoms with E-state index in [-0.39, 0.29) is 123 Å². The Bertz CT molecular complexity index is 1820. The maximum Gasteiger partial charge on any atom is 1.00 e. The van der Waals surface area contributed by atoms with Gasteiger partial charge in [0, 0.05) is 5.56 Å². The molecule has 0 fully saturated rings. The SMILES string of the molecule is O=C([O-])c1ccccc1COc1ccccc1OCCOc1ccccc1OCCOc1ccccc1OCCOc1ccccc1OCCO.[Rb+]. The van der Waals surface area contributed by atoms with Crippen LogP contribution in [0.3, 0.4) is 0 Å². The Hall–Kier alpha value is -4.26. The van der Waals surface area contributed by atoms with Gasteiger partial charge in [-0.25, -0.2) is 0 Å². The number of hydrogen-bond acceptors (Lipinski definition) is 11. The van der Waals surface area contributed by atoms with Gasteiger partial charge in [-0.1, -0.05) is 72.8 Å². The molecule has 5 rings (SSSR count). The fourth-order valence-corrected chi connectivity index (χ4v) is 4.82. The van der Waals surface area contributed by atoms with Gasteiger partial charge in [0.1, 0.15) is 52.9 Å². The average Bonchev–Trinajstić information content (AvgIpc) is 3.17. The topological polar surface area (TPSA) is 134 Å². The Morgan fingerprint density at radius 3 is 1.00 bits per heavy atom. The number of para-hydroxylation sites is 8. The van der Waals surface area contributed by atoms with E-state index < -0.39 is 5.97 Å². The van der Waals surface area contributed by atoms with E-state index in [9.17, 15) is 9.90 Å². The molecule has 0 bridgehead atoms. The molecule has 0 aromatic heterocycles. The molecule has 5 aromatic carbocycles. The number of benzene rings is 5. The van der Waals surface area contributed by atoms with Crippen LogP contribution in [-0.2, 0) is 6.61 Å². The van der Waals surface area contributed by atoms with Crippen molar-refractivity contribution in [2.75, 3.05) is 52.9 Å². The van der Waals surface area contributed by atoms with E-state index in [4.69, 9.17) is 43.0 Å². The molecule has 0 aliphatic carbocycles. The number of aromatic carboxylic acids is 1. The normalized spacial score (nSPS) is 10.3. The average molecular weight is 781 g/mol. The minimum Gasteiger partial charge on any atom is -0.545 e. The van der Waals surface area contributed by atoms with Crippen molar-refractivity contribution in [3.05, 3.63) is 132 Å². The van der Waals surface area contributed by atoms with E-state index in [0.717, 1.165) is 0 Å². The molecule has 0 atom stereocenters. The Labute approximate surface area is 351 Å². The zero-order valence-corrected chi connectivity index (χ0v) is 33.9. The Morgan fingerprint density at radius 2 is 0.692 bits per heavy atom. The summed E-state index contributed by atoms with van der Waals surface area (Å²) in [5.41, 5.74) is 0.583. The number of ether oxygens (including phenoxy) is 8. The van der Waals surface area contributed by atoms with Crippen molar-refractivity contribution >= 4 is 5.97 Å². The molecular formula is C40H39O11Rb. The van der Waals surface area contributed by atoms with Gasteiger partial charge in [-0.15, -0.1) is 0 Å². The Balaban J connectivity index is 0.00000605. The molecule has 0 unspecified atom stereocenters. The zero-order valence-electron chi connectivity index (χ0n) is 28.9. The van der Waals surface area contributed by atoms with E-state index in [0.29, 0.717) is 51.6 Å². The summed E-state index contributed by atoms with van der Waals surface area (Å²) in [6.07, 6.45) is 0. The molecule has 0 spiro atoms. The first-order chi connectivity index (χ1) is 25.1. The molecule has 0 saturated carbocycles. The van der Waals surface area contributed by atoms with E-state index in [1.54, 1.807) is 42.5 Å². The van der Waals surface area contributed by atoms with Crippen LogP contribution in [0.5, 0.6) is 46.0 Å². The summed E-state index contributed by atoms with van der Waals surface area (Å²) < 4.78 is 47.0. The molecule has 266 valence electrons. The number of aliphatic hydroxyl groups is 1. The second-order valence-electron chi connectivity index (χ2n) is 10.7. The second kappa shape index (κ2) is 22.6. The maximum atomic E-state index is 11.4. The summed E-state index contributed by atoms with van der Waals surface area (Å²) in [6.45, 7) is 1.66. The van der Waals surface area contributed by atoms with E-state index >= 15 is 0 Å². The molecule has 12 heteroatoms.